The molecule has 1 saturated heterocycles. The van der Waals surface area contributed by atoms with E-state index in [1.807, 2.05) is 20.8 Å². The molecule has 4 amide bonds. The highest BCUT2D eigenvalue weighted by molar-refractivity contribution is 6.05. The topological polar surface area (TPSA) is 78.5 Å². The number of nitrogens with one attached hydrogen (secondary N) is 2. The van der Waals surface area contributed by atoms with E-state index >= 15 is 0 Å². The van der Waals surface area contributed by atoms with Gasteiger partial charge in [0.15, 0.2) is 6.17 Å². The van der Waals surface area contributed by atoms with E-state index in [0.29, 0.717) is 6.42 Å². The molecule has 0 saturated carbocycles. The van der Waals surface area contributed by atoms with Gasteiger partial charge in [-0.1, -0.05) is 20.3 Å². The van der Waals surface area contributed by atoms with Gasteiger partial charge in [0.1, 0.15) is 0 Å². The molecule has 1 heterocycles. The summed E-state index contributed by atoms with van der Waals surface area (Å²) in [6.45, 7) is 5.77. The van der Waals surface area contributed by atoms with E-state index in [0.717, 1.165) is 19.3 Å². The van der Waals surface area contributed by atoms with Gasteiger partial charge in [-0.15, -0.1) is 0 Å². The summed E-state index contributed by atoms with van der Waals surface area (Å²) >= 11 is 0. The van der Waals surface area contributed by atoms with Crippen LogP contribution in [0.25, 0.3) is 0 Å². The van der Waals surface area contributed by atoms with Crippen LogP contribution in [0.1, 0.15) is 46.5 Å². The van der Waals surface area contributed by atoms with E-state index in [4.69, 9.17) is 0 Å². The van der Waals surface area contributed by atoms with Crippen LogP contribution in [0.2, 0.25) is 0 Å². The Morgan fingerprint density at radius 2 is 2.11 bits per heavy atom. The molecule has 1 aliphatic rings. The van der Waals surface area contributed by atoms with E-state index in [2.05, 4.69) is 10.6 Å². The molecule has 2 atom stereocenters. The number of urea groups is 1. The van der Waals surface area contributed by atoms with Gasteiger partial charge in [0.05, 0.1) is 0 Å². The first kappa shape index (κ1) is 14.5. The summed E-state index contributed by atoms with van der Waals surface area (Å²) in [5.41, 5.74) is 0. The Morgan fingerprint density at radius 3 is 2.67 bits per heavy atom. The van der Waals surface area contributed by atoms with Crippen LogP contribution >= 0.6 is 0 Å². The summed E-state index contributed by atoms with van der Waals surface area (Å²) < 4.78 is 0. The van der Waals surface area contributed by atoms with E-state index in [1.54, 1.807) is 0 Å². The molecular weight excluding hydrogens is 234 g/mol. The number of nitrogens with zero attached hydrogens (tertiary/aromatic N) is 1. The zero-order chi connectivity index (χ0) is 13.7. The van der Waals surface area contributed by atoms with Crippen molar-refractivity contribution in [1.29, 1.82) is 0 Å². The average Bonchev–Trinajstić information content (AvgIpc) is 2.61. The minimum absolute atomic E-state index is 0.0899. The smallest absolute Gasteiger partial charge is 0.326 e. The Labute approximate surface area is 107 Å². The fourth-order valence-electron chi connectivity index (χ4n) is 1.83. The summed E-state index contributed by atoms with van der Waals surface area (Å²) in [5.74, 6) is -0.648. The molecular formula is C12H21N3O3. The molecule has 2 N–H and O–H groups in total. The van der Waals surface area contributed by atoms with Gasteiger partial charge in [-0.25, -0.2) is 4.79 Å². The van der Waals surface area contributed by atoms with Crippen LogP contribution in [0.5, 0.6) is 0 Å². The van der Waals surface area contributed by atoms with Crippen molar-refractivity contribution >= 4 is 17.8 Å². The van der Waals surface area contributed by atoms with Gasteiger partial charge in [0.25, 0.3) is 5.91 Å². The first-order chi connectivity index (χ1) is 8.51. The predicted molar refractivity (Wildman–Crippen MR) is 66.6 cm³/mol. The molecule has 102 valence electrons. The van der Waals surface area contributed by atoms with E-state index in [-0.39, 0.29) is 11.9 Å². The zero-order valence-corrected chi connectivity index (χ0v) is 11.2. The Kier molecular flexibility index (Phi) is 5.12. The van der Waals surface area contributed by atoms with Crippen LogP contribution in [0.4, 0.5) is 4.79 Å². The van der Waals surface area contributed by atoms with Crippen LogP contribution in [-0.2, 0) is 9.59 Å². The lowest BCUT2D eigenvalue weighted by Gasteiger charge is -2.27. The lowest BCUT2D eigenvalue weighted by molar-refractivity contribution is -0.129. The van der Waals surface area contributed by atoms with Crippen molar-refractivity contribution in [3.05, 3.63) is 0 Å². The number of amides is 4. The standard InChI is InChI=1S/C12H21N3O3/c1-4-6-7-9(16)13-10-11(17)14-12(18)15(10)8(3)5-2/h8,10H,4-7H2,1-3H3,(H,13,16)(H,14,17,18)/t8-,10-/m0/s1. The molecule has 1 rings (SSSR count). The van der Waals surface area contributed by atoms with Crippen molar-refractivity contribution in [2.45, 2.75) is 58.7 Å². The molecule has 1 fully saturated rings. The number of carbonyl (C=O) groups excluding carboxylic acids is 3. The lowest BCUT2D eigenvalue weighted by Crippen LogP contribution is -2.51. The highest BCUT2D eigenvalue weighted by Gasteiger charge is 2.41. The van der Waals surface area contributed by atoms with Crippen LogP contribution < -0.4 is 10.6 Å². The molecule has 0 unspecified atom stereocenters. The van der Waals surface area contributed by atoms with Crippen molar-refractivity contribution in [3.8, 4) is 0 Å². The van der Waals surface area contributed by atoms with E-state index in [1.165, 1.54) is 4.90 Å². The van der Waals surface area contributed by atoms with E-state index in [9.17, 15) is 14.4 Å². The third-order valence-electron chi connectivity index (χ3n) is 3.11. The highest BCUT2D eigenvalue weighted by Crippen LogP contribution is 2.13. The molecule has 6 heteroatoms. The second-order valence-electron chi connectivity index (χ2n) is 4.53. The van der Waals surface area contributed by atoms with E-state index < -0.39 is 18.1 Å². The van der Waals surface area contributed by atoms with Crippen LogP contribution in [0.15, 0.2) is 0 Å². The van der Waals surface area contributed by atoms with Crippen molar-refractivity contribution in [2.24, 2.45) is 0 Å². The third-order valence-corrected chi connectivity index (χ3v) is 3.11. The monoisotopic (exact) mass is 255 g/mol. The number of rotatable bonds is 6. The molecule has 0 spiro atoms. The minimum atomic E-state index is -0.864. The summed E-state index contributed by atoms with van der Waals surface area (Å²) in [5, 5.41) is 4.84. The maximum atomic E-state index is 11.6. The Bertz CT molecular complexity index is 343. The van der Waals surface area contributed by atoms with Gasteiger partial charge in [-0.2, -0.15) is 0 Å². The first-order valence-electron chi connectivity index (χ1n) is 6.43. The van der Waals surface area contributed by atoms with Gasteiger partial charge < -0.3 is 5.32 Å². The Morgan fingerprint density at radius 1 is 1.44 bits per heavy atom. The molecule has 0 bridgehead atoms. The summed E-state index contributed by atoms with van der Waals surface area (Å²) in [4.78, 5) is 36.3. The maximum Gasteiger partial charge on any atom is 0.326 e. The van der Waals surface area contributed by atoms with Crippen molar-refractivity contribution in [1.82, 2.24) is 15.5 Å². The number of imide groups is 1. The second-order valence-corrected chi connectivity index (χ2v) is 4.53. The van der Waals surface area contributed by atoms with Gasteiger partial charge in [-0.3, -0.25) is 19.8 Å². The normalized spacial score (nSPS) is 20.8. The number of unbranched alkanes of at least 4 members (excludes halogenated alkanes) is 1. The fourth-order valence-corrected chi connectivity index (χ4v) is 1.83. The van der Waals surface area contributed by atoms with Gasteiger partial charge in [0, 0.05) is 12.5 Å². The minimum Gasteiger partial charge on any atom is -0.328 e. The lowest BCUT2D eigenvalue weighted by atomic mass is 10.2. The summed E-state index contributed by atoms with van der Waals surface area (Å²) in [6.07, 6.45) is 1.93. The SMILES string of the molecule is CCCCC(=O)N[C@@H]1C(=O)NC(=O)N1[C@@H](C)CC. The van der Waals surface area contributed by atoms with Crippen LogP contribution in [0.3, 0.4) is 0 Å². The maximum absolute atomic E-state index is 11.6. The van der Waals surface area contributed by atoms with Crippen molar-refractivity contribution < 1.29 is 14.4 Å². The largest absolute Gasteiger partial charge is 0.328 e. The number of carbonyl (C=O) groups is 3. The second kappa shape index (κ2) is 6.37. The summed E-state index contributed by atoms with van der Waals surface area (Å²) in [7, 11) is 0. The van der Waals surface area contributed by atoms with Crippen molar-refractivity contribution in [2.75, 3.05) is 0 Å². The number of hydrogen-bond acceptors (Lipinski definition) is 3. The highest BCUT2D eigenvalue weighted by atomic mass is 16.2. The molecule has 0 radical (unpaired) electrons. The molecule has 0 aliphatic carbocycles. The molecule has 6 nitrogen and oxygen atoms in total. The van der Waals surface area contributed by atoms with Gasteiger partial charge in [-0.05, 0) is 19.8 Å². The number of hydrogen-bond donors (Lipinski definition) is 2. The fraction of sp³-hybridized carbons (Fsp3) is 0.750. The summed E-state index contributed by atoms with van der Waals surface area (Å²) in [6, 6.07) is -0.525. The molecule has 0 aromatic heterocycles. The third kappa shape index (κ3) is 3.21. The van der Waals surface area contributed by atoms with Crippen LogP contribution in [-0.4, -0.2) is 35.0 Å². The van der Waals surface area contributed by atoms with Gasteiger partial charge in [0.2, 0.25) is 5.91 Å². The molecule has 1 aliphatic heterocycles. The Balaban J connectivity index is 2.68. The molecule has 18 heavy (non-hydrogen) atoms. The van der Waals surface area contributed by atoms with Crippen molar-refractivity contribution in [3.63, 3.8) is 0 Å². The first-order valence-corrected chi connectivity index (χ1v) is 6.43. The Hall–Kier alpha value is -1.59. The molecule has 0 aromatic carbocycles. The quantitative estimate of drug-likeness (QED) is 0.694. The molecule has 0 aromatic rings. The zero-order valence-electron chi connectivity index (χ0n) is 11.2. The van der Waals surface area contributed by atoms with Crippen LogP contribution in [0, 0.1) is 0 Å². The average molecular weight is 255 g/mol. The van der Waals surface area contributed by atoms with Gasteiger partial charge >= 0.3 is 6.03 Å². The predicted octanol–water partition coefficient (Wildman–Crippen LogP) is 0.969.